The number of fused-ring (bicyclic) bond motifs is 1. The van der Waals surface area contributed by atoms with Crippen LogP contribution in [0.5, 0.6) is 5.75 Å². The van der Waals surface area contributed by atoms with Crippen LogP contribution >= 0.6 is 0 Å². The Morgan fingerprint density at radius 2 is 2.00 bits per heavy atom. The predicted molar refractivity (Wildman–Crippen MR) is 153 cm³/mol. The number of benzene rings is 2. The number of likely N-dealkylation sites (tertiary alicyclic amines) is 1. The molecule has 1 aliphatic rings. The highest BCUT2D eigenvalue weighted by Crippen LogP contribution is 2.30. The number of pyridine rings is 1. The van der Waals surface area contributed by atoms with E-state index in [2.05, 4.69) is 44.5 Å². The molecular formula is C31H32N6O2. The van der Waals surface area contributed by atoms with Gasteiger partial charge >= 0.3 is 0 Å². The van der Waals surface area contributed by atoms with Crippen molar-refractivity contribution in [2.45, 2.75) is 19.4 Å². The fourth-order valence-corrected chi connectivity index (χ4v) is 5.19. The summed E-state index contributed by atoms with van der Waals surface area (Å²) in [5.41, 5.74) is 4.98. The van der Waals surface area contributed by atoms with Crippen molar-refractivity contribution in [3.05, 3.63) is 96.6 Å². The molecule has 0 saturated carbocycles. The topological polar surface area (TPSA) is 88.1 Å². The molecule has 1 unspecified atom stereocenters. The standard InChI is InChI=1S/C31H32N6O2/c1-36-12-6-9-23(18-36)21-39-27-11-5-10-24(13-27)25-14-28-29(17-33-30(28)32-15-25)35-31(38)26-16-34-37(20-26)19-22-7-3-2-4-8-22/h2-5,7-8,10-11,13-17,20,23H,6,9,12,18-19,21H2,1H3,(H,32,33)(H,35,38). The lowest BCUT2D eigenvalue weighted by Gasteiger charge is -2.29. The Kier molecular flexibility index (Phi) is 7.10. The van der Waals surface area contributed by atoms with Crippen LogP contribution in [0.15, 0.2) is 85.5 Å². The van der Waals surface area contributed by atoms with Gasteiger partial charge in [0.15, 0.2) is 0 Å². The van der Waals surface area contributed by atoms with Gasteiger partial charge in [-0.05, 0) is 55.8 Å². The fourth-order valence-electron chi connectivity index (χ4n) is 5.19. The summed E-state index contributed by atoms with van der Waals surface area (Å²) in [6.07, 6.45) is 9.40. The molecule has 0 aliphatic carbocycles. The van der Waals surface area contributed by atoms with E-state index in [-0.39, 0.29) is 5.91 Å². The van der Waals surface area contributed by atoms with E-state index in [0.717, 1.165) is 41.0 Å². The number of H-pyrrole nitrogens is 1. The number of aromatic nitrogens is 4. The third kappa shape index (κ3) is 5.86. The van der Waals surface area contributed by atoms with Crippen LogP contribution in [0.1, 0.15) is 28.8 Å². The Labute approximate surface area is 227 Å². The maximum absolute atomic E-state index is 13.0. The molecular weight excluding hydrogens is 488 g/mol. The second-order valence-corrected chi connectivity index (χ2v) is 10.3. The summed E-state index contributed by atoms with van der Waals surface area (Å²) in [4.78, 5) is 23.2. The average molecular weight is 521 g/mol. The molecule has 0 bridgehead atoms. The second kappa shape index (κ2) is 11.1. The Morgan fingerprint density at radius 3 is 2.87 bits per heavy atom. The lowest BCUT2D eigenvalue weighted by Crippen LogP contribution is -2.34. The van der Waals surface area contributed by atoms with Gasteiger partial charge < -0.3 is 19.9 Å². The quantitative estimate of drug-likeness (QED) is 0.284. The van der Waals surface area contributed by atoms with E-state index < -0.39 is 0 Å². The molecule has 2 N–H and O–H groups in total. The SMILES string of the molecule is CN1CCCC(COc2cccc(-c3cnc4[nH]cc(NC(=O)c5cnn(Cc6ccccc6)c5)c4c3)c2)C1. The van der Waals surface area contributed by atoms with Gasteiger partial charge in [0, 0.05) is 42.0 Å². The third-order valence-electron chi connectivity index (χ3n) is 7.24. The Balaban J connectivity index is 1.15. The van der Waals surface area contributed by atoms with Crippen LogP contribution in [-0.2, 0) is 6.54 Å². The number of hydrogen-bond donors (Lipinski definition) is 2. The van der Waals surface area contributed by atoms with Crippen molar-refractivity contribution in [3.63, 3.8) is 0 Å². The monoisotopic (exact) mass is 520 g/mol. The summed E-state index contributed by atoms with van der Waals surface area (Å²) in [7, 11) is 2.17. The molecule has 39 heavy (non-hydrogen) atoms. The van der Waals surface area contributed by atoms with Gasteiger partial charge in [-0.1, -0.05) is 42.5 Å². The molecule has 198 valence electrons. The summed E-state index contributed by atoms with van der Waals surface area (Å²) in [6.45, 7) is 3.58. The highest BCUT2D eigenvalue weighted by Gasteiger charge is 2.18. The van der Waals surface area contributed by atoms with Crippen LogP contribution in [-0.4, -0.2) is 57.3 Å². The molecule has 4 heterocycles. The smallest absolute Gasteiger partial charge is 0.258 e. The summed E-state index contributed by atoms with van der Waals surface area (Å²) in [5.74, 6) is 1.20. The molecule has 3 aromatic heterocycles. The lowest BCUT2D eigenvalue weighted by molar-refractivity contribution is 0.102. The minimum atomic E-state index is -0.218. The minimum Gasteiger partial charge on any atom is -0.493 e. The van der Waals surface area contributed by atoms with Crippen LogP contribution in [0, 0.1) is 5.92 Å². The molecule has 1 fully saturated rings. The summed E-state index contributed by atoms with van der Waals surface area (Å²) in [5, 5.41) is 8.21. The van der Waals surface area contributed by atoms with E-state index in [1.54, 1.807) is 23.3 Å². The van der Waals surface area contributed by atoms with Crippen molar-refractivity contribution in [1.29, 1.82) is 0 Å². The second-order valence-electron chi connectivity index (χ2n) is 10.3. The maximum atomic E-state index is 13.0. The number of rotatable bonds is 8. The number of piperidine rings is 1. The lowest BCUT2D eigenvalue weighted by atomic mass is 9.99. The summed E-state index contributed by atoms with van der Waals surface area (Å²) >= 11 is 0. The molecule has 5 aromatic rings. The van der Waals surface area contributed by atoms with E-state index in [0.29, 0.717) is 29.4 Å². The highest BCUT2D eigenvalue weighted by atomic mass is 16.5. The van der Waals surface area contributed by atoms with Crippen LogP contribution < -0.4 is 10.1 Å². The van der Waals surface area contributed by atoms with Gasteiger partial charge in [0.1, 0.15) is 11.4 Å². The van der Waals surface area contributed by atoms with E-state index >= 15 is 0 Å². The van der Waals surface area contributed by atoms with Gasteiger partial charge in [0.25, 0.3) is 5.91 Å². The van der Waals surface area contributed by atoms with Crippen molar-refractivity contribution in [1.82, 2.24) is 24.6 Å². The number of hydrogen-bond acceptors (Lipinski definition) is 5. The number of aromatic amines is 1. The number of ether oxygens (including phenoxy) is 1. The van der Waals surface area contributed by atoms with Crippen molar-refractivity contribution in [2.75, 3.05) is 32.1 Å². The number of anilines is 1. The van der Waals surface area contributed by atoms with Gasteiger partial charge in [-0.15, -0.1) is 0 Å². The van der Waals surface area contributed by atoms with E-state index in [1.807, 2.05) is 54.7 Å². The Hall–Kier alpha value is -4.43. The minimum absolute atomic E-state index is 0.218. The van der Waals surface area contributed by atoms with Crippen molar-refractivity contribution >= 4 is 22.6 Å². The number of carbonyl (C=O) groups is 1. The third-order valence-corrected chi connectivity index (χ3v) is 7.24. The zero-order chi connectivity index (χ0) is 26.6. The van der Waals surface area contributed by atoms with Gasteiger partial charge in [-0.25, -0.2) is 4.98 Å². The molecule has 8 nitrogen and oxygen atoms in total. The van der Waals surface area contributed by atoms with Gasteiger partial charge in [-0.3, -0.25) is 9.48 Å². The Morgan fingerprint density at radius 1 is 1.10 bits per heavy atom. The molecule has 1 amide bonds. The average Bonchev–Trinajstić information content (AvgIpc) is 3.60. The normalized spacial score (nSPS) is 15.9. The number of amides is 1. The number of nitrogens with zero attached hydrogens (tertiary/aromatic N) is 4. The summed E-state index contributed by atoms with van der Waals surface area (Å²) in [6, 6.07) is 20.2. The number of carbonyl (C=O) groups excluding carboxylic acids is 1. The number of nitrogens with one attached hydrogen (secondary N) is 2. The van der Waals surface area contributed by atoms with Crippen molar-refractivity contribution in [2.24, 2.45) is 5.92 Å². The van der Waals surface area contributed by atoms with Gasteiger partial charge in [0.05, 0.1) is 30.6 Å². The van der Waals surface area contributed by atoms with Gasteiger partial charge in [0.2, 0.25) is 0 Å². The van der Waals surface area contributed by atoms with Crippen LogP contribution in [0.25, 0.3) is 22.2 Å². The highest BCUT2D eigenvalue weighted by molar-refractivity contribution is 6.08. The van der Waals surface area contributed by atoms with Crippen molar-refractivity contribution in [3.8, 4) is 16.9 Å². The van der Waals surface area contributed by atoms with Crippen molar-refractivity contribution < 1.29 is 9.53 Å². The maximum Gasteiger partial charge on any atom is 0.258 e. The van der Waals surface area contributed by atoms with Crippen LogP contribution in [0.4, 0.5) is 5.69 Å². The van der Waals surface area contributed by atoms with Crippen LogP contribution in [0.2, 0.25) is 0 Å². The molecule has 1 saturated heterocycles. The van der Waals surface area contributed by atoms with Gasteiger partial charge in [-0.2, -0.15) is 5.10 Å². The molecule has 8 heteroatoms. The first kappa shape index (κ1) is 24.9. The first-order valence-electron chi connectivity index (χ1n) is 13.4. The Bertz CT molecular complexity index is 1570. The first-order chi connectivity index (χ1) is 19.1. The molecule has 0 spiro atoms. The zero-order valence-electron chi connectivity index (χ0n) is 22.0. The molecule has 1 aliphatic heterocycles. The zero-order valence-corrected chi connectivity index (χ0v) is 22.0. The van der Waals surface area contributed by atoms with E-state index in [4.69, 9.17) is 4.74 Å². The van der Waals surface area contributed by atoms with E-state index in [1.165, 1.54) is 19.4 Å². The molecule has 1 atom stereocenters. The fraction of sp³-hybridized carbons (Fsp3) is 0.258. The predicted octanol–water partition coefficient (Wildman–Crippen LogP) is 5.45. The first-order valence-corrected chi connectivity index (χ1v) is 13.4. The molecule has 2 aromatic carbocycles. The largest absolute Gasteiger partial charge is 0.493 e. The van der Waals surface area contributed by atoms with Crippen LogP contribution in [0.3, 0.4) is 0 Å². The molecule has 6 rings (SSSR count). The summed E-state index contributed by atoms with van der Waals surface area (Å²) < 4.78 is 7.94. The molecule has 0 radical (unpaired) electrons. The van der Waals surface area contributed by atoms with E-state index in [9.17, 15) is 4.79 Å².